The van der Waals surface area contributed by atoms with E-state index in [9.17, 15) is 0 Å². The quantitative estimate of drug-likeness (QED) is 0.667. The highest BCUT2D eigenvalue weighted by atomic mass is 14.6. The topological polar surface area (TPSA) is 0 Å². The van der Waals surface area contributed by atoms with E-state index in [-0.39, 0.29) is 0 Å². The van der Waals surface area contributed by atoms with Crippen molar-refractivity contribution in [2.75, 3.05) is 0 Å². The third kappa shape index (κ3) is 2.14. The van der Waals surface area contributed by atoms with Crippen molar-refractivity contribution in [1.29, 1.82) is 0 Å². The molecule has 19 heavy (non-hydrogen) atoms. The van der Waals surface area contributed by atoms with Gasteiger partial charge in [-0.2, -0.15) is 0 Å². The molecule has 2 bridgehead atoms. The van der Waals surface area contributed by atoms with Gasteiger partial charge in [0.05, 0.1) is 0 Å². The van der Waals surface area contributed by atoms with Crippen LogP contribution in [0.3, 0.4) is 0 Å². The predicted molar refractivity (Wildman–Crippen MR) is 82.1 cm³/mol. The van der Waals surface area contributed by atoms with E-state index >= 15 is 0 Å². The van der Waals surface area contributed by atoms with E-state index in [1.54, 1.807) is 5.56 Å². The minimum Gasteiger partial charge on any atom is -0.0651 e. The Morgan fingerprint density at radius 3 is 2.37 bits per heavy atom. The highest BCUT2D eigenvalue weighted by Crippen LogP contribution is 2.60. The zero-order valence-corrected chi connectivity index (χ0v) is 12.7. The van der Waals surface area contributed by atoms with Crippen molar-refractivity contribution in [2.45, 2.75) is 52.4 Å². The summed E-state index contributed by atoms with van der Waals surface area (Å²) in [4.78, 5) is 0. The summed E-state index contributed by atoms with van der Waals surface area (Å²) in [5.74, 6) is 5.78. The van der Waals surface area contributed by atoms with Crippen LogP contribution in [0.2, 0.25) is 0 Å². The summed E-state index contributed by atoms with van der Waals surface area (Å²) in [6, 6.07) is 11.2. The maximum absolute atomic E-state index is 2.47. The van der Waals surface area contributed by atoms with E-state index in [4.69, 9.17) is 0 Å². The summed E-state index contributed by atoms with van der Waals surface area (Å²) in [5.41, 5.74) is 1.56. The number of fused-ring (bicyclic) bond motifs is 2. The summed E-state index contributed by atoms with van der Waals surface area (Å²) in [5, 5.41) is 0. The average Bonchev–Trinajstić information content (AvgIpc) is 3.01. The molecule has 0 heterocycles. The van der Waals surface area contributed by atoms with Gasteiger partial charge in [-0.05, 0) is 53.9 Å². The molecule has 0 heteroatoms. The first-order valence-corrected chi connectivity index (χ1v) is 8.31. The second kappa shape index (κ2) is 5.31. The van der Waals surface area contributed by atoms with Crippen LogP contribution in [-0.4, -0.2) is 0 Å². The number of hydrogen-bond acceptors (Lipinski definition) is 0. The molecule has 0 N–H and O–H groups in total. The fraction of sp³-hybridized carbons (Fsp3) is 0.684. The predicted octanol–water partition coefficient (Wildman–Crippen LogP) is 5.50. The van der Waals surface area contributed by atoms with Crippen LogP contribution in [0.4, 0.5) is 0 Å². The summed E-state index contributed by atoms with van der Waals surface area (Å²) in [6.45, 7) is 7.29. The van der Waals surface area contributed by atoms with Crippen molar-refractivity contribution in [3.05, 3.63) is 35.9 Å². The van der Waals surface area contributed by atoms with Crippen molar-refractivity contribution in [2.24, 2.45) is 29.6 Å². The first kappa shape index (κ1) is 13.2. The van der Waals surface area contributed by atoms with E-state index in [0.717, 1.165) is 35.5 Å². The molecule has 0 aromatic heterocycles. The van der Waals surface area contributed by atoms with Crippen LogP contribution in [0.5, 0.6) is 0 Å². The zero-order valence-electron chi connectivity index (χ0n) is 12.7. The molecule has 104 valence electrons. The van der Waals surface area contributed by atoms with Crippen LogP contribution in [-0.2, 0) is 0 Å². The van der Waals surface area contributed by atoms with Gasteiger partial charge in [0.1, 0.15) is 0 Å². The summed E-state index contributed by atoms with van der Waals surface area (Å²) in [6.07, 6.45) is 5.83. The molecule has 4 unspecified atom stereocenters. The van der Waals surface area contributed by atoms with Crippen molar-refractivity contribution in [3.63, 3.8) is 0 Å². The summed E-state index contributed by atoms with van der Waals surface area (Å²) in [7, 11) is 0. The molecule has 0 aliphatic heterocycles. The van der Waals surface area contributed by atoms with Gasteiger partial charge in [0, 0.05) is 0 Å². The van der Waals surface area contributed by atoms with Crippen LogP contribution in [0.15, 0.2) is 30.3 Å². The summed E-state index contributed by atoms with van der Waals surface area (Å²) < 4.78 is 0. The molecule has 2 saturated carbocycles. The minimum atomic E-state index is 0.750. The van der Waals surface area contributed by atoms with Crippen molar-refractivity contribution >= 4 is 0 Å². The van der Waals surface area contributed by atoms with E-state index in [1.165, 1.54) is 25.7 Å². The van der Waals surface area contributed by atoms with Gasteiger partial charge in [0.15, 0.2) is 0 Å². The highest BCUT2D eigenvalue weighted by molar-refractivity contribution is 5.21. The molecule has 0 nitrogen and oxygen atoms in total. The lowest BCUT2D eigenvalue weighted by molar-refractivity contribution is 0.193. The van der Waals surface area contributed by atoms with Crippen LogP contribution in [0.1, 0.15) is 57.9 Å². The Kier molecular flexibility index (Phi) is 3.69. The summed E-state index contributed by atoms with van der Waals surface area (Å²) >= 11 is 0. The van der Waals surface area contributed by atoms with Crippen molar-refractivity contribution in [1.82, 2.24) is 0 Å². The molecule has 2 aliphatic carbocycles. The molecular weight excluding hydrogens is 228 g/mol. The van der Waals surface area contributed by atoms with Crippen molar-refractivity contribution < 1.29 is 0 Å². The van der Waals surface area contributed by atoms with Crippen LogP contribution < -0.4 is 0 Å². The lowest BCUT2D eigenvalue weighted by atomic mass is 9.71. The fourth-order valence-electron chi connectivity index (χ4n) is 5.42. The second-order valence-corrected chi connectivity index (χ2v) is 6.91. The largest absolute Gasteiger partial charge is 0.0651 e. The van der Waals surface area contributed by atoms with Crippen molar-refractivity contribution in [3.8, 4) is 0 Å². The Morgan fingerprint density at radius 1 is 1.05 bits per heavy atom. The van der Waals surface area contributed by atoms with Gasteiger partial charge >= 0.3 is 0 Å². The Labute approximate surface area is 118 Å². The van der Waals surface area contributed by atoms with Gasteiger partial charge in [-0.1, -0.05) is 63.9 Å². The lowest BCUT2D eigenvalue weighted by Gasteiger charge is -2.34. The first-order chi connectivity index (χ1) is 9.26. The van der Waals surface area contributed by atoms with Crippen LogP contribution in [0, 0.1) is 29.6 Å². The van der Waals surface area contributed by atoms with Crippen LogP contribution in [0.25, 0.3) is 0 Å². The van der Waals surface area contributed by atoms with Gasteiger partial charge in [-0.25, -0.2) is 0 Å². The van der Waals surface area contributed by atoms with Gasteiger partial charge < -0.3 is 0 Å². The first-order valence-electron chi connectivity index (χ1n) is 8.31. The number of hydrogen-bond donors (Lipinski definition) is 0. The standard InChI is InChI=1S/C19H28/c1-4-14-11-16-12-18(19(14)17(16)5-2)13(3)15-9-7-6-8-10-15/h6-10,13-14,16-19H,4-5,11-12H2,1-3H3/t13-,14?,16?,17+,18?,19?/m0/s1. The third-order valence-electron chi connectivity index (χ3n) is 6.28. The van der Waals surface area contributed by atoms with Gasteiger partial charge in [0.25, 0.3) is 0 Å². The van der Waals surface area contributed by atoms with Gasteiger partial charge in [-0.15, -0.1) is 0 Å². The molecule has 2 fully saturated rings. The molecule has 1 aromatic carbocycles. The second-order valence-electron chi connectivity index (χ2n) is 6.91. The van der Waals surface area contributed by atoms with Gasteiger partial charge in [-0.3, -0.25) is 0 Å². The fourth-order valence-corrected chi connectivity index (χ4v) is 5.42. The number of benzene rings is 1. The molecular formula is C19H28. The molecule has 0 radical (unpaired) electrons. The van der Waals surface area contributed by atoms with E-state index in [2.05, 4.69) is 51.1 Å². The molecule has 0 saturated heterocycles. The van der Waals surface area contributed by atoms with E-state index in [1.807, 2.05) is 0 Å². The SMILES string of the molecule is CCC1CC2CC([C@@H](C)c3ccccc3)C1[C@@H]2CC. The monoisotopic (exact) mass is 256 g/mol. The highest BCUT2D eigenvalue weighted by Gasteiger charge is 2.52. The van der Waals surface area contributed by atoms with Crippen LogP contribution >= 0.6 is 0 Å². The maximum Gasteiger partial charge on any atom is -0.0159 e. The van der Waals surface area contributed by atoms with E-state index in [0.29, 0.717) is 0 Å². The smallest absolute Gasteiger partial charge is 0.0159 e. The van der Waals surface area contributed by atoms with E-state index < -0.39 is 0 Å². The molecule has 3 rings (SSSR count). The molecule has 2 aliphatic rings. The molecule has 0 amide bonds. The number of rotatable bonds is 4. The van der Waals surface area contributed by atoms with Gasteiger partial charge in [0.2, 0.25) is 0 Å². The Bertz CT molecular complexity index is 407. The zero-order chi connectivity index (χ0) is 13.4. The normalized spacial score (nSPS) is 38.6. The minimum absolute atomic E-state index is 0.750. The molecule has 1 aromatic rings. The Balaban J connectivity index is 1.82. The average molecular weight is 256 g/mol. The maximum atomic E-state index is 2.47. The lowest BCUT2D eigenvalue weighted by Crippen LogP contribution is -2.25. The Hall–Kier alpha value is -0.780. The Morgan fingerprint density at radius 2 is 1.79 bits per heavy atom. The molecule has 0 spiro atoms. The third-order valence-corrected chi connectivity index (χ3v) is 6.28. The molecule has 6 atom stereocenters.